The molecule has 106 valence electrons. The molecule has 5 nitrogen and oxygen atoms in total. The second kappa shape index (κ2) is 6.32. The van der Waals surface area contributed by atoms with Crippen molar-refractivity contribution in [3.63, 3.8) is 0 Å². The predicted molar refractivity (Wildman–Crippen MR) is 73.6 cm³/mol. The fourth-order valence-corrected chi connectivity index (χ4v) is 3.41. The Hall–Kier alpha value is -0.170. The summed E-state index contributed by atoms with van der Waals surface area (Å²) in [6, 6.07) is 0.739. The highest BCUT2D eigenvalue weighted by atomic mass is 32.2. The first-order chi connectivity index (χ1) is 8.54. The van der Waals surface area contributed by atoms with E-state index in [1.165, 1.54) is 19.1 Å². The van der Waals surface area contributed by atoms with E-state index in [-0.39, 0.29) is 0 Å². The van der Waals surface area contributed by atoms with Gasteiger partial charge in [-0.25, -0.2) is 8.42 Å². The van der Waals surface area contributed by atoms with E-state index >= 15 is 0 Å². The number of piperazine rings is 1. The zero-order chi connectivity index (χ0) is 13.0. The first-order valence-corrected chi connectivity index (χ1v) is 8.95. The highest BCUT2D eigenvalue weighted by Crippen LogP contribution is 2.14. The van der Waals surface area contributed by atoms with Crippen molar-refractivity contribution in [3.05, 3.63) is 0 Å². The van der Waals surface area contributed by atoms with Crippen LogP contribution in [-0.4, -0.2) is 82.1 Å². The Morgan fingerprint density at radius 1 is 1.11 bits per heavy atom. The fourth-order valence-electron chi connectivity index (χ4n) is 2.82. The van der Waals surface area contributed by atoms with E-state index in [0.717, 1.165) is 45.3 Å². The van der Waals surface area contributed by atoms with Crippen LogP contribution in [0, 0.1) is 0 Å². The van der Waals surface area contributed by atoms with Gasteiger partial charge in [0.15, 0.2) is 0 Å². The number of piperidine rings is 1. The lowest BCUT2D eigenvalue weighted by atomic mass is 10.0. The van der Waals surface area contributed by atoms with Gasteiger partial charge in [-0.15, -0.1) is 0 Å². The van der Waals surface area contributed by atoms with Crippen LogP contribution in [0.15, 0.2) is 0 Å². The monoisotopic (exact) mass is 275 g/mol. The van der Waals surface area contributed by atoms with Crippen LogP contribution in [0.25, 0.3) is 0 Å². The van der Waals surface area contributed by atoms with E-state index in [2.05, 4.69) is 15.1 Å². The van der Waals surface area contributed by atoms with Gasteiger partial charge in [0.1, 0.15) is 9.84 Å². The summed E-state index contributed by atoms with van der Waals surface area (Å²) in [6.07, 6.45) is 3.82. The lowest BCUT2D eigenvalue weighted by Gasteiger charge is -2.40. The van der Waals surface area contributed by atoms with Gasteiger partial charge in [-0.05, 0) is 25.9 Å². The summed E-state index contributed by atoms with van der Waals surface area (Å²) in [5.74, 6) is 0.292. The van der Waals surface area contributed by atoms with Gasteiger partial charge in [-0.2, -0.15) is 0 Å². The van der Waals surface area contributed by atoms with Crippen molar-refractivity contribution in [1.82, 2.24) is 15.1 Å². The minimum absolute atomic E-state index is 0.292. The summed E-state index contributed by atoms with van der Waals surface area (Å²) in [7, 11) is -2.82. The Labute approximate surface area is 110 Å². The molecular weight excluding hydrogens is 250 g/mol. The molecule has 0 spiro atoms. The molecule has 6 heteroatoms. The van der Waals surface area contributed by atoms with E-state index in [1.54, 1.807) is 0 Å². The highest BCUT2D eigenvalue weighted by Gasteiger charge is 2.25. The van der Waals surface area contributed by atoms with Gasteiger partial charge in [0.25, 0.3) is 0 Å². The molecule has 18 heavy (non-hydrogen) atoms. The quantitative estimate of drug-likeness (QED) is 0.742. The summed E-state index contributed by atoms with van der Waals surface area (Å²) in [5, 5.41) is 3.40. The molecule has 2 heterocycles. The largest absolute Gasteiger partial charge is 0.317 e. The molecule has 2 rings (SSSR count). The fraction of sp³-hybridized carbons (Fsp3) is 1.00. The molecule has 2 aliphatic rings. The van der Waals surface area contributed by atoms with E-state index in [0.29, 0.717) is 12.3 Å². The van der Waals surface area contributed by atoms with E-state index in [1.807, 2.05) is 0 Å². The molecule has 0 bridgehead atoms. The first kappa shape index (κ1) is 14.2. The van der Waals surface area contributed by atoms with Crippen LogP contribution in [-0.2, 0) is 9.84 Å². The Morgan fingerprint density at radius 3 is 2.28 bits per heavy atom. The normalized spacial score (nSPS) is 25.4. The van der Waals surface area contributed by atoms with Gasteiger partial charge in [-0.1, -0.05) is 0 Å². The van der Waals surface area contributed by atoms with Crippen LogP contribution in [0.5, 0.6) is 0 Å². The van der Waals surface area contributed by atoms with Crippen LogP contribution >= 0.6 is 0 Å². The summed E-state index contributed by atoms with van der Waals surface area (Å²) in [4.78, 5) is 4.86. The standard InChI is InChI=1S/C12H25N3O2S/c1-18(16,17)11-10-14-6-8-15(9-7-14)12-2-4-13-5-3-12/h12-13H,2-11H2,1H3. The summed E-state index contributed by atoms with van der Waals surface area (Å²) >= 11 is 0. The molecule has 2 fully saturated rings. The van der Waals surface area contributed by atoms with Gasteiger partial charge in [0.2, 0.25) is 0 Å². The molecule has 0 aromatic carbocycles. The van der Waals surface area contributed by atoms with Crippen LogP contribution in [0.3, 0.4) is 0 Å². The highest BCUT2D eigenvalue weighted by molar-refractivity contribution is 7.90. The molecule has 0 aliphatic carbocycles. The third-order valence-corrected chi connectivity index (χ3v) is 4.93. The molecule has 1 N–H and O–H groups in total. The smallest absolute Gasteiger partial charge is 0.148 e. The second-order valence-electron chi connectivity index (χ2n) is 5.49. The molecule has 0 aromatic heterocycles. The summed E-state index contributed by atoms with van der Waals surface area (Å²) < 4.78 is 22.3. The number of nitrogens with one attached hydrogen (secondary N) is 1. The van der Waals surface area contributed by atoms with Crippen LogP contribution in [0.4, 0.5) is 0 Å². The molecule has 0 unspecified atom stereocenters. The Balaban J connectivity index is 1.70. The van der Waals surface area contributed by atoms with Gasteiger partial charge < -0.3 is 5.32 Å². The van der Waals surface area contributed by atoms with Crippen LogP contribution < -0.4 is 5.32 Å². The maximum Gasteiger partial charge on any atom is 0.148 e. The average molecular weight is 275 g/mol. The lowest BCUT2D eigenvalue weighted by Crippen LogP contribution is -2.53. The van der Waals surface area contributed by atoms with Crippen molar-refractivity contribution in [3.8, 4) is 0 Å². The molecule has 0 aromatic rings. The lowest BCUT2D eigenvalue weighted by molar-refractivity contribution is 0.0852. The van der Waals surface area contributed by atoms with Gasteiger partial charge in [-0.3, -0.25) is 9.80 Å². The Bertz CT molecular complexity index is 344. The third-order valence-electron chi connectivity index (χ3n) is 4.01. The first-order valence-electron chi connectivity index (χ1n) is 6.89. The van der Waals surface area contributed by atoms with E-state index < -0.39 is 9.84 Å². The van der Waals surface area contributed by atoms with Crippen molar-refractivity contribution in [1.29, 1.82) is 0 Å². The molecule has 0 saturated carbocycles. The van der Waals surface area contributed by atoms with Crippen LogP contribution in [0.1, 0.15) is 12.8 Å². The Kier molecular flexibility index (Phi) is 5.00. The molecule has 0 amide bonds. The number of nitrogens with zero attached hydrogens (tertiary/aromatic N) is 2. The molecule has 0 radical (unpaired) electrons. The maximum atomic E-state index is 11.1. The van der Waals surface area contributed by atoms with E-state index in [4.69, 9.17) is 0 Å². The summed E-state index contributed by atoms with van der Waals surface area (Å²) in [5.41, 5.74) is 0. The second-order valence-corrected chi connectivity index (χ2v) is 7.75. The SMILES string of the molecule is CS(=O)(=O)CCN1CCN(C2CCNCC2)CC1. The zero-order valence-corrected chi connectivity index (χ0v) is 12.1. The predicted octanol–water partition coefficient (Wildman–Crippen LogP) is -0.599. The van der Waals surface area contributed by atoms with Crippen molar-refractivity contribution in [2.45, 2.75) is 18.9 Å². The van der Waals surface area contributed by atoms with Crippen molar-refractivity contribution in [2.75, 3.05) is 57.8 Å². The number of rotatable bonds is 4. The summed E-state index contributed by atoms with van der Waals surface area (Å²) in [6.45, 7) is 7.18. The molecular formula is C12H25N3O2S. The minimum Gasteiger partial charge on any atom is -0.317 e. The number of hydrogen-bond acceptors (Lipinski definition) is 5. The average Bonchev–Trinajstić information content (AvgIpc) is 2.37. The zero-order valence-electron chi connectivity index (χ0n) is 11.3. The topological polar surface area (TPSA) is 52.7 Å². The van der Waals surface area contributed by atoms with Crippen LogP contribution in [0.2, 0.25) is 0 Å². The number of hydrogen-bond donors (Lipinski definition) is 1. The van der Waals surface area contributed by atoms with Gasteiger partial charge in [0, 0.05) is 45.0 Å². The maximum absolute atomic E-state index is 11.1. The van der Waals surface area contributed by atoms with Crippen molar-refractivity contribution in [2.24, 2.45) is 0 Å². The minimum atomic E-state index is -2.82. The van der Waals surface area contributed by atoms with Crippen molar-refractivity contribution >= 4 is 9.84 Å². The van der Waals surface area contributed by atoms with Crippen molar-refractivity contribution < 1.29 is 8.42 Å². The Morgan fingerprint density at radius 2 is 1.72 bits per heavy atom. The molecule has 0 atom stereocenters. The molecule has 2 saturated heterocycles. The van der Waals surface area contributed by atoms with Gasteiger partial charge >= 0.3 is 0 Å². The third kappa shape index (κ3) is 4.50. The molecule has 2 aliphatic heterocycles. The number of sulfone groups is 1. The van der Waals surface area contributed by atoms with E-state index in [9.17, 15) is 8.42 Å². The van der Waals surface area contributed by atoms with Gasteiger partial charge in [0.05, 0.1) is 5.75 Å².